The van der Waals surface area contributed by atoms with Gasteiger partial charge >= 0.3 is 0 Å². The summed E-state index contributed by atoms with van der Waals surface area (Å²) in [7, 11) is 0. The molecule has 0 N–H and O–H groups in total. The number of hydrogen-bond acceptors (Lipinski definition) is 3. The molecule has 0 bridgehead atoms. The van der Waals surface area contributed by atoms with Crippen LogP contribution in [0.3, 0.4) is 0 Å². The van der Waals surface area contributed by atoms with Gasteiger partial charge < -0.3 is 9.30 Å². The summed E-state index contributed by atoms with van der Waals surface area (Å²) in [4.78, 5) is 12.4. The van der Waals surface area contributed by atoms with Crippen molar-refractivity contribution < 1.29 is 4.74 Å². The summed E-state index contributed by atoms with van der Waals surface area (Å²) in [6.45, 7) is 10.6. The van der Waals surface area contributed by atoms with E-state index in [0.717, 1.165) is 16.8 Å². The third-order valence-corrected chi connectivity index (χ3v) is 3.93. The monoisotopic (exact) mass is 364 g/mol. The summed E-state index contributed by atoms with van der Waals surface area (Å²) in [5, 5.41) is 9.12. The minimum Gasteiger partial charge on any atom is -0.489 e. The van der Waals surface area contributed by atoms with Crippen LogP contribution in [-0.4, -0.2) is 4.57 Å². The number of nitrogens with zero attached hydrogens (tertiary/aromatic N) is 2. The maximum atomic E-state index is 12.4. The summed E-state index contributed by atoms with van der Waals surface area (Å²) in [6.07, 6.45) is 5.95. The molecule has 27 heavy (non-hydrogen) atoms. The second-order valence-corrected chi connectivity index (χ2v) is 5.68. The Bertz CT molecular complexity index is 899. The molecule has 0 saturated heterocycles. The third kappa shape index (κ3) is 6.31. The normalized spacial score (nSPS) is 10.9. The van der Waals surface area contributed by atoms with Crippen LogP contribution in [0.2, 0.25) is 0 Å². The highest BCUT2D eigenvalue weighted by Crippen LogP contribution is 2.15. The minimum absolute atomic E-state index is 0.104. The zero-order valence-corrected chi connectivity index (χ0v) is 16.8. The number of pyridine rings is 1. The minimum atomic E-state index is -0.104. The van der Waals surface area contributed by atoms with E-state index in [-0.39, 0.29) is 12.2 Å². The van der Waals surface area contributed by atoms with Crippen LogP contribution in [-0.2, 0) is 13.2 Å². The maximum Gasteiger partial charge on any atom is 0.254 e. The largest absolute Gasteiger partial charge is 0.489 e. The third-order valence-electron chi connectivity index (χ3n) is 3.93. The molecule has 2 aromatic rings. The standard InChI is InChI=1S/C21H22N2O2.C2H6/c1-4-8-17(5-2)14-23-16(3)11-20(12-21(23)24)25-15-19-10-7-6-9-18(19)13-22;1-2/h4-12H,14-15H2,1-3H3;1-2H3/b8-4-,17-5+;. The van der Waals surface area contributed by atoms with Gasteiger partial charge in [-0.25, -0.2) is 0 Å². The highest BCUT2D eigenvalue weighted by atomic mass is 16.5. The number of hydrogen-bond donors (Lipinski definition) is 0. The Balaban J connectivity index is 0.00000176. The molecule has 0 amide bonds. The molecular weight excluding hydrogens is 336 g/mol. The summed E-state index contributed by atoms with van der Waals surface area (Å²) in [5.41, 5.74) is 3.18. The Hall–Kier alpha value is -3.06. The maximum absolute atomic E-state index is 12.4. The van der Waals surface area contributed by atoms with Crippen LogP contribution in [0.25, 0.3) is 0 Å². The number of aryl methyl sites for hydroxylation is 1. The van der Waals surface area contributed by atoms with Crippen molar-refractivity contribution in [3.63, 3.8) is 0 Å². The molecule has 0 aliphatic carbocycles. The van der Waals surface area contributed by atoms with Crippen LogP contribution in [0.4, 0.5) is 0 Å². The summed E-state index contributed by atoms with van der Waals surface area (Å²) >= 11 is 0. The van der Waals surface area contributed by atoms with E-state index in [9.17, 15) is 4.79 Å². The molecule has 0 saturated carbocycles. The lowest BCUT2D eigenvalue weighted by atomic mass is 10.1. The predicted octanol–water partition coefficient (Wildman–Crippen LogP) is 5.16. The van der Waals surface area contributed by atoms with Gasteiger partial charge in [0, 0.05) is 17.3 Å². The van der Waals surface area contributed by atoms with E-state index in [1.165, 1.54) is 6.07 Å². The van der Waals surface area contributed by atoms with Crippen LogP contribution >= 0.6 is 0 Å². The Morgan fingerprint density at radius 2 is 1.93 bits per heavy atom. The Morgan fingerprint density at radius 1 is 1.22 bits per heavy atom. The van der Waals surface area contributed by atoms with E-state index < -0.39 is 0 Å². The lowest BCUT2D eigenvalue weighted by Crippen LogP contribution is -2.22. The van der Waals surface area contributed by atoms with Crippen molar-refractivity contribution in [1.29, 1.82) is 5.26 Å². The highest BCUT2D eigenvalue weighted by molar-refractivity contribution is 5.37. The number of aromatic nitrogens is 1. The predicted molar refractivity (Wildman–Crippen MR) is 111 cm³/mol. The summed E-state index contributed by atoms with van der Waals surface area (Å²) in [5.74, 6) is 0.513. The SMILES string of the molecule is C/C=C\C(=C/C)Cn1c(C)cc(OCc2ccccc2C#N)cc1=O.CC. The van der Waals surface area contributed by atoms with Gasteiger partial charge in [0.15, 0.2) is 0 Å². The molecule has 0 fully saturated rings. The average molecular weight is 364 g/mol. The van der Waals surface area contributed by atoms with Crippen LogP contribution in [0, 0.1) is 18.3 Å². The van der Waals surface area contributed by atoms with Crippen LogP contribution in [0.1, 0.15) is 44.5 Å². The molecule has 4 nitrogen and oxygen atoms in total. The van der Waals surface area contributed by atoms with Gasteiger partial charge in [-0.2, -0.15) is 5.26 Å². The van der Waals surface area contributed by atoms with Gasteiger partial charge in [-0.05, 0) is 38.5 Å². The molecule has 2 rings (SSSR count). The van der Waals surface area contributed by atoms with Crippen molar-refractivity contribution in [3.05, 3.63) is 87.4 Å². The van der Waals surface area contributed by atoms with Gasteiger partial charge in [0.2, 0.25) is 0 Å². The number of allylic oxidation sites excluding steroid dienone is 4. The first-order chi connectivity index (χ1) is 13.1. The van der Waals surface area contributed by atoms with Crippen molar-refractivity contribution >= 4 is 0 Å². The van der Waals surface area contributed by atoms with Gasteiger partial charge in [0.25, 0.3) is 5.56 Å². The molecule has 1 aromatic heterocycles. The van der Waals surface area contributed by atoms with Gasteiger partial charge in [-0.1, -0.05) is 50.3 Å². The quantitative estimate of drug-likeness (QED) is 0.666. The van der Waals surface area contributed by atoms with E-state index in [0.29, 0.717) is 17.9 Å². The highest BCUT2D eigenvalue weighted by Gasteiger charge is 2.07. The van der Waals surface area contributed by atoms with Gasteiger partial charge in [0.1, 0.15) is 12.4 Å². The van der Waals surface area contributed by atoms with Crippen molar-refractivity contribution in [2.45, 2.75) is 47.8 Å². The van der Waals surface area contributed by atoms with Crippen LogP contribution in [0.15, 0.2) is 65.0 Å². The van der Waals surface area contributed by atoms with E-state index in [1.54, 1.807) is 10.6 Å². The van der Waals surface area contributed by atoms with Crippen molar-refractivity contribution in [3.8, 4) is 11.8 Å². The molecule has 1 heterocycles. The summed E-state index contributed by atoms with van der Waals surface area (Å²) < 4.78 is 7.45. The number of benzene rings is 1. The average Bonchev–Trinajstić information content (AvgIpc) is 2.70. The first-order valence-electron chi connectivity index (χ1n) is 9.19. The number of ether oxygens (including phenoxy) is 1. The van der Waals surface area contributed by atoms with Gasteiger partial charge in [-0.15, -0.1) is 0 Å². The molecule has 4 heteroatoms. The fraction of sp³-hybridized carbons (Fsp3) is 0.304. The zero-order chi connectivity index (χ0) is 20.2. The summed E-state index contributed by atoms with van der Waals surface area (Å²) in [6, 6.07) is 12.8. The Morgan fingerprint density at radius 3 is 2.52 bits per heavy atom. The lowest BCUT2D eigenvalue weighted by molar-refractivity contribution is 0.304. The van der Waals surface area contributed by atoms with E-state index in [4.69, 9.17) is 10.00 Å². The molecule has 0 aliphatic rings. The molecule has 142 valence electrons. The fourth-order valence-electron chi connectivity index (χ4n) is 2.54. The van der Waals surface area contributed by atoms with Crippen molar-refractivity contribution in [1.82, 2.24) is 4.57 Å². The fourth-order valence-corrected chi connectivity index (χ4v) is 2.54. The smallest absolute Gasteiger partial charge is 0.254 e. The van der Waals surface area contributed by atoms with Crippen molar-refractivity contribution in [2.75, 3.05) is 0 Å². The van der Waals surface area contributed by atoms with E-state index in [1.807, 2.05) is 77.1 Å². The second kappa shape index (κ2) is 11.5. The zero-order valence-electron chi connectivity index (χ0n) is 16.8. The molecular formula is C23H28N2O2. The van der Waals surface area contributed by atoms with E-state index in [2.05, 4.69) is 6.07 Å². The second-order valence-electron chi connectivity index (χ2n) is 5.68. The Labute approximate surface area is 162 Å². The molecule has 0 spiro atoms. The first kappa shape index (κ1) is 22.0. The molecule has 1 aromatic carbocycles. The Kier molecular flexibility index (Phi) is 9.39. The van der Waals surface area contributed by atoms with Crippen LogP contribution in [0.5, 0.6) is 5.75 Å². The first-order valence-corrected chi connectivity index (χ1v) is 9.19. The molecule has 0 unspecified atom stereocenters. The van der Waals surface area contributed by atoms with E-state index >= 15 is 0 Å². The van der Waals surface area contributed by atoms with Gasteiger partial charge in [-0.3, -0.25) is 4.79 Å². The number of nitriles is 1. The number of rotatable bonds is 6. The van der Waals surface area contributed by atoms with Crippen molar-refractivity contribution in [2.24, 2.45) is 0 Å². The molecule has 0 radical (unpaired) electrons. The van der Waals surface area contributed by atoms with Gasteiger partial charge in [0.05, 0.1) is 18.2 Å². The van der Waals surface area contributed by atoms with Crippen LogP contribution < -0.4 is 10.3 Å². The lowest BCUT2D eigenvalue weighted by Gasteiger charge is -2.13. The molecule has 0 aliphatic heterocycles. The topological polar surface area (TPSA) is 55.0 Å². The molecule has 0 atom stereocenters.